The Balaban J connectivity index is 1.86. The molecule has 33 heavy (non-hydrogen) atoms. The number of rotatable bonds is 6. The number of benzene rings is 2. The van der Waals surface area contributed by atoms with Crippen LogP contribution in [0.15, 0.2) is 72.4 Å². The van der Waals surface area contributed by atoms with Crippen molar-refractivity contribution in [2.45, 2.75) is 33.2 Å². The van der Waals surface area contributed by atoms with Crippen LogP contribution in [-0.4, -0.2) is 28.4 Å². The van der Waals surface area contributed by atoms with E-state index in [-0.39, 0.29) is 11.3 Å². The van der Waals surface area contributed by atoms with Crippen molar-refractivity contribution in [3.63, 3.8) is 0 Å². The molecule has 1 aliphatic heterocycles. The van der Waals surface area contributed by atoms with Crippen LogP contribution >= 0.6 is 0 Å². The number of ketones is 1. The molecule has 1 N–H and O–H groups in total. The van der Waals surface area contributed by atoms with E-state index in [0.29, 0.717) is 23.6 Å². The molecule has 0 spiro atoms. The van der Waals surface area contributed by atoms with Crippen LogP contribution in [0.5, 0.6) is 5.75 Å². The van der Waals surface area contributed by atoms with E-state index in [4.69, 9.17) is 4.74 Å². The number of carbonyl (C=O) groups is 2. The standard InChI is InChI=1S/C27H26N2O4/c1-4-15-33-21-13-12-20(16-18(21)3)25(30)23-24(19-10-8-17(2)9-11-19)29(27(32)26(23)31)22-7-5-6-14-28-22/h5-14,16,24,30H,4,15H2,1-3H3/b25-23+. The van der Waals surface area contributed by atoms with Crippen molar-refractivity contribution in [3.8, 4) is 5.75 Å². The van der Waals surface area contributed by atoms with Crippen molar-refractivity contribution in [2.24, 2.45) is 0 Å². The molecule has 4 rings (SSSR count). The van der Waals surface area contributed by atoms with Gasteiger partial charge in [-0.1, -0.05) is 42.8 Å². The predicted octanol–water partition coefficient (Wildman–Crippen LogP) is 5.11. The fraction of sp³-hybridized carbons (Fsp3) is 0.222. The first-order valence-corrected chi connectivity index (χ1v) is 10.9. The number of amides is 1. The van der Waals surface area contributed by atoms with E-state index in [9.17, 15) is 14.7 Å². The summed E-state index contributed by atoms with van der Waals surface area (Å²) in [5, 5.41) is 11.3. The summed E-state index contributed by atoms with van der Waals surface area (Å²) in [6.45, 7) is 6.46. The zero-order valence-electron chi connectivity index (χ0n) is 18.9. The Kier molecular flexibility index (Phi) is 6.27. The van der Waals surface area contributed by atoms with Crippen molar-refractivity contribution in [2.75, 3.05) is 11.5 Å². The zero-order chi connectivity index (χ0) is 23.5. The van der Waals surface area contributed by atoms with Gasteiger partial charge >= 0.3 is 5.91 Å². The average Bonchev–Trinajstić information content (AvgIpc) is 3.09. The van der Waals surface area contributed by atoms with Gasteiger partial charge in [0.2, 0.25) is 0 Å². The highest BCUT2D eigenvalue weighted by Crippen LogP contribution is 2.41. The number of aryl methyl sites for hydroxylation is 2. The molecule has 2 heterocycles. The van der Waals surface area contributed by atoms with Gasteiger partial charge in [0.05, 0.1) is 18.2 Å². The molecule has 1 saturated heterocycles. The third kappa shape index (κ3) is 4.24. The molecule has 3 aromatic rings. The Morgan fingerprint density at radius 1 is 1.06 bits per heavy atom. The molecule has 2 aromatic carbocycles. The van der Waals surface area contributed by atoms with Gasteiger partial charge < -0.3 is 9.84 Å². The lowest BCUT2D eigenvalue weighted by Gasteiger charge is -2.24. The van der Waals surface area contributed by atoms with Gasteiger partial charge in [0, 0.05) is 11.8 Å². The SMILES string of the molecule is CCCOc1ccc(/C(O)=C2\C(=O)C(=O)N(c3ccccn3)C2c2ccc(C)cc2)cc1C. The second-order valence-corrected chi connectivity index (χ2v) is 8.10. The average molecular weight is 443 g/mol. The van der Waals surface area contributed by atoms with Gasteiger partial charge in [-0.2, -0.15) is 0 Å². The topological polar surface area (TPSA) is 79.7 Å². The molecule has 1 aliphatic rings. The number of aliphatic hydroxyl groups excluding tert-OH is 1. The largest absolute Gasteiger partial charge is 0.507 e. The molecule has 0 aliphatic carbocycles. The van der Waals surface area contributed by atoms with E-state index in [0.717, 1.165) is 23.3 Å². The third-order valence-corrected chi connectivity index (χ3v) is 5.64. The van der Waals surface area contributed by atoms with Crippen LogP contribution in [0.3, 0.4) is 0 Å². The summed E-state index contributed by atoms with van der Waals surface area (Å²) >= 11 is 0. The molecule has 1 fully saturated rings. The molecule has 0 radical (unpaired) electrons. The van der Waals surface area contributed by atoms with Gasteiger partial charge in [0.25, 0.3) is 5.78 Å². The second-order valence-electron chi connectivity index (χ2n) is 8.10. The lowest BCUT2D eigenvalue weighted by atomic mass is 9.94. The molecule has 0 bridgehead atoms. The van der Waals surface area contributed by atoms with Crippen LogP contribution in [0.25, 0.3) is 5.76 Å². The van der Waals surface area contributed by atoms with Crippen LogP contribution in [0.1, 0.15) is 41.6 Å². The predicted molar refractivity (Wildman–Crippen MR) is 127 cm³/mol. The maximum absolute atomic E-state index is 13.2. The molecule has 1 atom stereocenters. The van der Waals surface area contributed by atoms with Crippen LogP contribution in [0.4, 0.5) is 5.82 Å². The van der Waals surface area contributed by atoms with E-state index < -0.39 is 17.7 Å². The molecule has 0 saturated carbocycles. The van der Waals surface area contributed by atoms with E-state index in [1.807, 2.05) is 45.0 Å². The van der Waals surface area contributed by atoms with Crippen molar-refractivity contribution >= 4 is 23.3 Å². The number of nitrogens with zero attached hydrogens (tertiary/aromatic N) is 2. The maximum Gasteiger partial charge on any atom is 0.301 e. The molecule has 6 nitrogen and oxygen atoms in total. The number of hydrogen-bond acceptors (Lipinski definition) is 5. The summed E-state index contributed by atoms with van der Waals surface area (Å²) in [6.07, 6.45) is 2.45. The zero-order valence-corrected chi connectivity index (χ0v) is 18.9. The molecule has 168 valence electrons. The van der Waals surface area contributed by atoms with Gasteiger partial charge in [-0.25, -0.2) is 4.98 Å². The van der Waals surface area contributed by atoms with Gasteiger partial charge in [-0.3, -0.25) is 14.5 Å². The molecule has 6 heteroatoms. The number of Topliss-reactive ketones (excluding diaryl/α,β-unsaturated/α-hetero) is 1. The number of hydrogen-bond donors (Lipinski definition) is 1. The monoisotopic (exact) mass is 442 g/mol. The minimum Gasteiger partial charge on any atom is -0.507 e. The number of aliphatic hydroxyl groups is 1. The van der Waals surface area contributed by atoms with E-state index in [1.165, 1.54) is 4.90 Å². The molecular formula is C27H26N2O4. The van der Waals surface area contributed by atoms with E-state index in [1.54, 1.807) is 42.6 Å². The summed E-state index contributed by atoms with van der Waals surface area (Å²) < 4.78 is 5.73. The quantitative estimate of drug-likeness (QED) is 0.326. The molecular weight excluding hydrogens is 416 g/mol. The Morgan fingerprint density at radius 3 is 2.45 bits per heavy atom. The number of aromatic nitrogens is 1. The van der Waals surface area contributed by atoms with Crippen LogP contribution in [0, 0.1) is 13.8 Å². The van der Waals surface area contributed by atoms with Gasteiger partial charge in [0.15, 0.2) is 0 Å². The number of anilines is 1. The Hall–Kier alpha value is -3.93. The van der Waals surface area contributed by atoms with Crippen LogP contribution in [0.2, 0.25) is 0 Å². The van der Waals surface area contributed by atoms with Crippen LogP contribution in [-0.2, 0) is 9.59 Å². The summed E-state index contributed by atoms with van der Waals surface area (Å²) in [5.41, 5.74) is 3.08. The first-order chi connectivity index (χ1) is 15.9. The number of carbonyl (C=O) groups excluding carboxylic acids is 2. The Bertz CT molecular complexity index is 1220. The highest BCUT2D eigenvalue weighted by Gasteiger charge is 2.47. The van der Waals surface area contributed by atoms with Crippen molar-refractivity contribution < 1.29 is 19.4 Å². The summed E-state index contributed by atoms with van der Waals surface area (Å²) in [6, 6.07) is 17.2. The van der Waals surface area contributed by atoms with Crippen molar-refractivity contribution in [3.05, 3.63) is 94.7 Å². The molecule has 1 aromatic heterocycles. The fourth-order valence-corrected chi connectivity index (χ4v) is 3.96. The lowest BCUT2D eigenvalue weighted by Crippen LogP contribution is -2.30. The highest BCUT2D eigenvalue weighted by molar-refractivity contribution is 6.51. The Labute approximate surface area is 193 Å². The van der Waals surface area contributed by atoms with Crippen molar-refractivity contribution in [1.29, 1.82) is 0 Å². The van der Waals surface area contributed by atoms with Crippen LogP contribution < -0.4 is 9.64 Å². The minimum absolute atomic E-state index is 0.0381. The highest BCUT2D eigenvalue weighted by atomic mass is 16.5. The maximum atomic E-state index is 13.2. The smallest absolute Gasteiger partial charge is 0.301 e. The second kappa shape index (κ2) is 9.28. The summed E-state index contributed by atoms with van der Waals surface area (Å²) in [4.78, 5) is 31.9. The van der Waals surface area contributed by atoms with Gasteiger partial charge in [0.1, 0.15) is 17.3 Å². The minimum atomic E-state index is -0.795. The lowest BCUT2D eigenvalue weighted by molar-refractivity contribution is -0.132. The van der Waals surface area contributed by atoms with Gasteiger partial charge in [-0.15, -0.1) is 0 Å². The summed E-state index contributed by atoms with van der Waals surface area (Å²) in [5.74, 6) is -0.614. The van der Waals surface area contributed by atoms with E-state index in [2.05, 4.69) is 4.98 Å². The van der Waals surface area contributed by atoms with E-state index >= 15 is 0 Å². The van der Waals surface area contributed by atoms with Gasteiger partial charge in [-0.05, 0) is 61.7 Å². The third-order valence-electron chi connectivity index (χ3n) is 5.64. The number of pyridine rings is 1. The first-order valence-electron chi connectivity index (χ1n) is 10.9. The fourth-order valence-electron chi connectivity index (χ4n) is 3.96. The normalized spacial score (nSPS) is 17.4. The first kappa shape index (κ1) is 22.3. The number of ether oxygens (including phenoxy) is 1. The molecule has 1 amide bonds. The Morgan fingerprint density at radius 2 is 1.82 bits per heavy atom. The molecule has 1 unspecified atom stereocenters. The van der Waals surface area contributed by atoms with Crippen molar-refractivity contribution in [1.82, 2.24) is 4.98 Å². The summed E-state index contributed by atoms with van der Waals surface area (Å²) in [7, 11) is 0.